The van der Waals surface area contributed by atoms with Gasteiger partial charge >= 0.3 is 0 Å². The maximum Gasteiger partial charge on any atom is 0.0621 e. The summed E-state index contributed by atoms with van der Waals surface area (Å²) in [5.74, 6) is 0. The summed E-state index contributed by atoms with van der Waals surface area (Å²) in [6, 6.07) is 16.7. The summed E-state index contributed by atoms with van der Waals surface area (Å²) in [7, 11) is 8.19. The second kappa shape index (κ2) is 5.65. The van der Waals surface area contributed by atoms with Crippen molar-refractivity contribution in [3.05, 3.63) is 48.5 Å². The standard InChI is InChI=1S/C16H21N3/c1-18(2)14-11-9-13(10-12-14)17-15-7-5-6-8-16(15)19(3)4/h5-12,17H,1-4H3. The SMILES string of the molecule is CN(C)c1ccc(Nc2ccccc2N(C)C)cc1. The molecule has 0 aliphatic heterocycles. The molecule has 0 bridgehead atoms. The third-order valence-electron chi connectivity index (χ3n) is 3.05. The van der Waals surface area contributed by atoms with Crippen LogP contribution < -0.4 is 15.1 Å². The van der Waals surface area contributed by atoms with E-state index in [1.807, 2.05) is 20.2 Å². The summed E-state index contributed by atoms with van der Waals surface area (Å²) < 4.78 is 0. The predicted molar refractivity (Wildman–Crippen MR) is 84.8 cm³/mol. The molecule has 0 unspecified atom stereocenters. The Kier molecular flexibility index (Phi) is 3.95. The maximum atomic E-state index is 3.46. The third-order valence-corrected chi connectivity index (χ3v) is 3.05. The van der Waals surface area contributed by atoms with Gasteiger partial charge in [-0.3, -0.25) is 0 Å². The Morgan fingerprint density at radius 2 is 1.37 bits per heavy atom. The van der Waals surface area contributed by atoms with Crippen molar-refractivity contribution in [1.29, 1.82) is 0 Å². The van der Waals surface area contributed by atoms with Crippen molar-refractivity contribution in [3.8, 4) is 0 Å². The molecule has 0 atom stereocenters. The first-order valence-electron chi connectivity index (χ1n) is 6.38. The lowest BCUT2D eigenvalue weighted by molar-refractivity contribution is 1.13. The number of anilines is 4. The smallest absolute Gasteiger partial charge is 0.0621 e. The number of nitrogens with one attached hydrogen (secondary N) is 1. The van der Waals surface area contributed by atoms with Crippen molar-refractivity contribution >= 4 is 22.7 Å². The van der Waals surface area contributed by atoms with Crippen LogP contribution in [0.4, 0.5) is 22.7 Å². The van der Waals surface area contributed by atoms with Crippen LogP contribution in [-0.2, 0) is 0 Å². The molecule has 0 aliphatic carbocycles. The van der Waals surface area contributed by atoms with Gasteiger partial charge < -0.3 is 15.1 Å². The number of hydrogen-bond donors (Lipinski definition) is 1. The van der Waals surface area contributed by atoms with E-state index in [-0.39, 0.29) is 0 Å². The number of nitrogens with zero attached hydrogens (tertiary/aromatic N) is 2. The molecule has 2 aromatic rings. The van der Waals surface area contributed by atoms with Crippen LogP contribution in [-0.4, -0.2) is 28.2 Å². The Morgan fingerprint density at radius 1 is 0.737 bits per heavy atom. The summed E-state index contributed by atoms with van der Waals surface area (Å²) in [6.45, 7) is 0. The van der Waals surface area contributed by atoms with E-state index in [2.05, 4.69) is 71.7 Å². The fourth-order valence-electron chi connectivity index (χ4n) is 1.97. The van der Waals surface area contributed by atoms with Gasteiger partial charge in [0.05, 0.1) is 11.4 Å². The summed E-state index contributed by atoms with van der Waals surface area (Å²) in [6.07, 6.45) is 0. The van der Waals surface area contributed by atoms with Crippen molar-refractivity contribution in [2.45, 2.75) is 0 Å². The van der Waals surface area contributed by atoms with Crippen LogP contribution in [0.1, 0.15) is 0 Å². The normalized spacial score (nSPS) is 10.1. The molecule has 100 valence electrons. The van der Waals surface area contributed by atoms with Gasteiger partial charge in [0.2, 0.25) is 0 Å². The highest BCUT2D eigenvalue weighted by molar-refractivity contribution is 5.75. The van der Waals surface area contributed by atoms with Gasteiger partial charge in [-0.2, -0.15) is 0 Å². The molecule has 0 aliphatic rings. The van der Waals surface area contributed by atoms with E-state index in [1.165, 1.54) is 11.4 Å². The van der Waals surface area contributed by atoms with Gasteiger partial charge in [-0.15, -0.1) is 0 Å². The van der Waals surface area contributed by atoms with E-state index in [4.69, 9.17) is 0 Å². The molecule has 19 heavy (non-hydrogen) atoms. The first-order valence-corrected chi connectivity index (χ1v) is 6.38. The van der Waals surface area contributed by atoms with Crippen LogP contribution in [0.15, 0.2) is 48.5 Å². The van der Waals surface area contributed by atoms with E-state index in [0.717, 1.165) is 11.4 Å². The van der Waals surface area contributed by atoms with Crippen LogP contribution in [0, 0.1) is 0 Å². The minimum absolute atomic E-state index is 1.10. The van der Waals surface area contributed by atoms with E-state index in [9.17, 15) is 0 Å². The average Bonchev–Trinajstić information content (AvgIpc) is 2.39. The molecule has 0 heterocycles. The summed E-state index contributed by atoms with van der Waals surface area (Å²) in [5, 5.41) is 3.46. The molecule has 2 rings (SSSR count). The van der Waals surface area contributed by atoms with Gasteiger partial charge in [0.25, 0.3) is 0 Å². The van der Waals surface area contributed by atoms with Gasteiger partial charge in [-0.05, 0) is 36.4 Å². The molecule has 0 saturated carbocycles. The summed E-state index contributed by atoms with van der Waals surface area (Å²) >= 11 is 0. The fourth-order valence-corrected chi connectivity index (χ4v) is 1.97. The van der Waals surface area contributed by atoms with Crippen molar-refractivity contribution < 1.29 is 0 Å². The van der Waals surface area contributed by atoms with E-state index in [1.54, 1.807) is 0 Å². The average molecular weight is 255 g/mol. The van der Waals surface area contributed by atoms with Gasteiger partial charge in [0, 0.05) is 39.6 Å². The Balaban J connectivity index is 2.21. The molecule has 0 spiro atoms. The molecular formula is C16H21N3. The lowest BCUT2D eigenvalue weighted by atomic mass is 10.2. The summed E-state index contributed by atoms with van der Waals surface area (Å²) in [5.41, 5.74) is 4.59. The molecule has 0 aromatic heterocycles. The van der Waals surface area contributed by atoms with Crippen molar-refractivity contribution in [3.63, 3.8) is 0 Å². The van der Waals surface area contributed by atoms with Gasteiger partial charge in [0.15, 0.2) is 0 Å². The Morgan fingerprint density at radius 3 is 1.95 bits per heavy atom. The zero-order valence-electron chi connectivity index (χ0n) is 12.0. The topological polar surface area (TPSA) is 18.5 Å². The minimum atomic E-state index is 1.10. The van der Waals surface area contributed by atoms with Crippen LogP contribution in [0.3, 0.4) is 0 Å². The first kappa shape index (κ1) is 13.3. The molecular weight excluding hydrogens is 234 g/mol. The second-order valence-corrected chi connectivity index (χ2v) is 4.98. The van der Waals surface area contributed by atoms with E-state index in [0.29, 0.717) is 0 Å². The molecule has 2 aromatic carbocycles. The van der Waals surface area contributed by atoms with Crippen molar-refractivity contribution in [1.82, 2.24) is 0 Å². The van der Waals surface area contributed by atoms with E-state index >= 15 is 0 Å². The largest absolute Gasteiger partial charge is 0.378 e. The minimum Gasteiger partial charge on any atom is -0.378 e. The highest BCUT2D eigenvalue weighted by Gasteiger charge is 2.03. The molecule has 3 nitrogen and oxygen atoms in total. The maximum absolute atomic E-state index is 3.46. The number of rotatable bonds is 4. The van der Waals surface area contributed by atoms with Gasteiger partial charge in [0.1, 0.15) is 0 Å². The monoisotopic (exact) mass is 255 g/mol. The van der Waals surface area contributed by atoms with Crippen LogP contribution in [0.25, 0.3) is 0 Å². The van der Waals surface area contributed by atoms with Crippen LogP contribution in [0.5, 0.6) is 0 Å². The van der Waals surface area contributed by atoms with Gasteiger partial charge in [-0.1, -0.05) is 12.1 Å². The molecule has 0 fully saturated rings. The fraction of sp³-hybridized carbons (Fsp3) is 0.250. The Hall–Kier alpha value is -2.16. The molecule has 0 radical (unpaired) electrons. The highest BCUT2D eigenvalue weighted by atomic mass is 15.1. The summed E-state index contributed by atoms with van der Waals surface area (Å²) in [4.78, 5) is 4.20. The molecule has 0 saturated heterocycles. The van der Waals surface area contributed by atoms with Crippen LogP contribution in [0.2, 0.25) is 0 Å². The highest BCUT2D eigenvalue weighted by Crippen LogP contribution is 2.27. The molecule has 3 heteroatoms. The number of hydrogen-bond acceptors (Lipinski definition) is 3. The predicted octanol–water partition coefficient (Wildman–Crippen LogP) is 3.56. The van der Waals surface area contributed by atoms with Crippen molar-refractivity contribution in [2.75, 3.05) is 43.3 Å². The third kappa shape index (κ3) is 3.19. The molecule has 0 amide bonds. The molecule has 1 N–H and O–H groups in total. The Bertz CT molecular complexity index is 530. The Labute approximate surface area is 115 Å². The van der Waals surface area contributed by atoms with E-state index < -0.39 is 0 Å². The van der Waals surface area contributed by atoms with Crippen molar-refractivity contribution in [2.24, 2.45) is 0 Å². The quantitative estimate of drug-likeness (QED) is 0.901. The zero-order valence-corrected chi connectivity index (χ0v) is 12.0. The van der Waals surface area contributed by atoms with Crippen LogP contribution >= 0.6 is 0 Å². The number of para-hydroxylation sites is 2. The second-order valence-electron chi connectivity index (χ2n) is 4.98. The van der Waals surface area contributed by atoms with Gasteiger partial charge in [-0.25, -0.2) is 0 Å². The zero-order chi connectivity index (χ0) is 13.8. The number of benzene rings is 2. The lowest BCUT2D eigenvalue weighted by Gasteiger charge is -2.19. The first-order chi connectivity index (χ1) is 9.08. The lowest BCUT2D eigenvalue weighted by Crippen LogP contribution is -2.11.